The highest BCUT2D eigenvalue weighted by Gasteiger charge is 2.18. The molecule has 2 heteroatoms. The molecule has 0 bridgehead atoms. The SMILES string of the molecule is Cc1[c]nn(-c2ccccc2C(C)(C)C)c1. The number of hydrogen-bond acceptors (Lipinski definition) is 1. The topological polar surface area (TPSA) is 17.8 Å². The predicted octanol–water partition coefficient (Wildman–Crippen LogP) is 3.28. The number of benzene rings is 1. The molecule has 1 aromatic carbocycles. The van der Waals surface area contributed by atoms with Gasteiger partial charge >= 0.3 is 0 Å². The minimum Gasteiger partial charge on any atom is -0.240 e. The van der Waals surface area contributed by atoms with Crippen molar-refractivity contribution in [2.45, 2.75) is 33.1 Å². The summed E-state index contributed by atoms with van der Waals surface area (Å²) in [4.78, 5) is 0. The maximum atomic E-state index is 4.25. The van der Waals surface area contributed by atoms with Crippen LogP contribution < -0.4 is 0 Å². The maximum absolute atomic E-state index is 4.25. The summed E-state index contributed by atoms with van der Waals surface area (Å²) in [7, 11) is 0. The Labute approximate surface area is 96.9 Å². The van der Waals surface area contributed by atoms with Crippen molar-refractivity contribution in [3.8, 4) is 5.69 Å². The van der Waals surface area contributed by atoms with E-state index in [0.717, 1.165) is 11.3 Å². The van der Waals surface area contributed by atoms with E-state index in [9.17, 15) is 0 Å². The largest absolute Gasteiger partial charge is 0.240 e. The van der Waals surface area contributed by atoms with Crippen LogP contribution in [0.5, 0.6) is 0 Å². The molecule has 16 heavy (non-hydrogen) atoms. The Balaban J connectivity index is 2.57. The lowest BCUT2D eigenvalue weighted by atomic mass is 9.86. The molecule has 83 valence electrons. The lowest BCUT2D eigenvalue weighted by molar-refractivity contribution is 0.583. The molecule has 0 aliphatic carbocycles. The van der Waals surface area contributed by atoms with Gasteiger partial charge in [0, 0.05) is 6.20 Å². The van der Waals surface area contributed by atoms with Crippen LogP contribution in [0.4, 0.5) is 0 Å². The summed E-state index contributed by atoms with van der Waals surface area (Å²) in [5.74, 6) is 0. The first-order valence-corrected chi connectivity index (χ1v) is 5.52. The molecule has 0 aliphatic heterocycles. The van der Waals surface area contributed by atoms with Crippen LogP contribution in [0, 0.1) is 13.1 Å². The van der Waals surface area contributed by atoms with E-state index in [1.54, 1.807) is 0 Å². The Morgan fingerprint density at radius 3 is 2.44 bits per heavy atom. The van der Waals surface area contributed by atoms with E-state index >= 15 is 0 Å². The van der Waals surface area contributed by atoms with Crippen molar-refractivity contribution in [2.24, 2.45) is 0 Å². The molecule has 0 spiro atoms. The van der Waals surface area contributed by atoms with E-state index in [2.05, 4.69) is 50.3 Å². The second-order valence-corrected chi connectivity index (χ2v) is 5.14. The third-order valence-corrected chi connectivity index (χ3v) is 2.61. The van der Waals surface area contributed by atoms with Gasteiger partial charge in [-0.15, -0.1) is 0 Å². The molecule has 0 saturated heterocycles. The number of para-hydroxylation sites is 1. The molecule has 1 radical (unpaired) electrons. The summed E-state index contributed by atoms with van der Waals surface area (Å²) in [6.45, 7) is 8.65. The van der Waals surface area contributed by atoms with Gasteiger partial charge in [0.05, 0.1) is 5.69 Å². The van der Waals surface area contributed by atoms with Gasteiger partial charge in [0.1, 0.15) is 6.20 Å². The first-order valence-electron chi connectivity index (χ1n) is 5.52. The van der Waals surface area contributed by atoms with Crippen LogP contribution in [-0.4, -0.2) is 9.78 Å². The van der Waals surface area contributed by atoms with Crippen molar-refractivity contribution in [1.82, 2.24) is 9.78 Å². The smallest absolute Gasteiger partial charge is 0.116 e. The Hall–Kier alpha value is -1.57. The van der Waals surface area contributed by atoms with Gasteiger partial charge < -0.3 is 0 Å². The minimum absolute atomic E-state index is 0.121. The van der Waals surface area contributed by atoms with Crippen molar-refractivity contribution in [3.05, 3.63) is 47.8 Å². The molecule has 1 aromatic heterocycles. The molecule has 0 saturated carbocycles. The van der Waals surface area contributed by atoms with Gasteiger partial charge in [0.25, 0.3) is 0 Å². The molecule has 2 aromatic rings. The lowest BCUT2D eigenvalue weighted by Crippen LogP contribution is -2.15. The second kappa shape index (κ2) is 3.78. The zero-order valence-corrected chi connectivity index (χ0v) is 10.3. The minimum atomic E-state index is 0.121. The molecule has 2 nitrogen and oxygen atoms in total. The Kier molecular flexibility index (Phi) is 2.58. The number of aryl methyl sites for hydroxylation is 1. The molecule has 2 rings (SSSR count). The highest BCUT2D eigenvalue weighted by atomic mass is 15.3. The van der Waals surface area contributed by atoms with E-state index < -0.39 is 0 Å². The van der Waals surface area contributed by atoms with Crippen molar-refractivity contribution in [2.75, 3.05) is 0 Å². The van der Waals surface area contributed by atoms with E-state index in [0.29, 0.717) is 0 Å². The van der Waals surface area contributed by atoms with Crippen LogP contribution >= 0.6 is 0 Å². The summed E-state index contributed by atoms with van der Waals surface area (Å²) >= 11 is 0. The molecular weight excluding hydrogens is 196 g/mol. The standard InChI is InChI=1S/C14H17N2/c1-11-9-15-16(10-11)13-8-6-5-7-12(13)14(2,3)4/h5-8,10H,1-4H3. The van der Waals surface area contributed by atoms with E-state index in [-0.39, 0.29) is 5.41 Å². The van der Waals surface area contributed by atoms with Gasteiger partial charge in [0.2, 0.25) is 0 Å². The van der Waals surface area contributed by atoms with Crippen molar-refractivity contribution < 1.29 is 0 Å². The summed E-state index contributed by atoms with van der Waals surface area (Å²) < 4.78 is 1.90. The normalized spacial score (nSPS) is 11.8. The Bertz CT molecular complexity index is 489. The fraction of sp³-hybridized carbons (Fsp3) is 0.357. The monoisotopic (exact) mass is 213 g/mol. The van der Waals surface area contributed by atoms with Crippen LogP contribution in [0.15, 0.2) is 30.5 Å². The van der Waals surface area contributed by atoms with Gasteiger partial charge in [-0.05, 0) is 29.5 Å². The van der Waals surface area contributed by atoms with E-state index in [4.69, 9.17) is 0 Å². The maximum Gasteiger partial charge on any atom is 0.116 e. The summed E-state index contributed by atoms with van der Waals surface area (Å²) in [5, 5.41) is 4.25. The molecule has 0 aliphatic rings. The average Bonchev–Trinajstić information content (AvgIpc) is 2.64. The van der Waals surface area contributed by atoms with Crippen molar-refractivity contribution >= 4 is 0 Å². The number of nitrogens with zero attached hydrogens (tertiary/aromatic N) is 2. The third kappa shape index (κ3) is 2.01. The molecule has 1 heterocycles. The first-order chi connectivity index (χ1) is 7.48. The molecule has 0 atom stereocenters. The first kappa shape index (κ1) is 10.9. The quantitative estimate of drug-likeness (QED) is 0.711. The predicted molar refractivity (Wildman–Crippen MR) is 65.8 cm³/mol. The zero-order chi connectivity index (χ0) is 11.8. The van der Waals surface area contributed by atoms with Crippen LogP contribution in [0.25, 0.3) is 5.69 Å². The Morgan fingerprint density at radius 2 is 1.88 bits per heavy atom. The molecule has 0 unspecified atom stereocenters. The molecule has 0 N–H and O–H groups in total. The van der Waals surface area contributed by atoms with Crippen molar-refractivity contribution in [1.29, 1.82) is 0 Å². The summed E-state index contributed by atoms with van der Waals surface area (Å²) in [6.07, 6.45) is 4.96. The second-order valence-electron chi connectivity index (χ2n) is 5.14. The highest BCUT2D eigenvalue weighted by molar-refractivity contribution is 5.44. The number of rotatable bonds is 1. The number of aromatic nitrogens is 2. The van der Waals surface area contributed by atoms with Gasteiger partial charge in [-0.2, -0.15) is 5.10 Å². The van der Waals surface area contributed by atoms with Gasteiger partial charge in [-0.1, -0.05) is 39.0 Å². The molecular formula is C14H17N2. The molecule has 0 fully saturated rings. The summed E-state index contributed by atoms with van der Waals surface area (Å²) in [5.41, 5.74) is 3.62. The highest BCUT2D eigenvalue weighted by Crippen LogP contribution is 2.27. The number of hydrogen-bond donors (Lipinski definition) is 0. The van der Waals surface area contributed by atoms with E-state index in [1.165, 1.54) is 5.56 Å². The lowest BCUT2D eigenvalue weighted by Gasteiger charge is -2.22. The van der Waals surface area contributed by atoms with Crippen LogP contribution in [-0.2, 0) is 5.41 Å². The van der Waals surface area contributed by atoms with Gasteiger partial charge in [-0.3, -0.25) is 0 Å². The fourth-order valence-corrected chi connectivity index (χ4v) is 1.80. The van der Waals surface area contributed by atoms with E-state index in [1.807, 2.05) is 23.9 Å². The van der Waals surface area contributed by atoms with Gasteiger partial charge in [0.15, 0.2) is 0 Å². The van der Waals surface area contributed by atoms with Crippen LogP contribution in [0.1, 0.15) is 31.9 Å². The van der Waals surface area contributed by atoms with Crippen LogP contribution in [0.3, 0.4) is 0 Å². The average molecular weight is 213 g/mol. The van der Waals surface area contributed by atoms with Crippen LogP contribution in [0.2, 0.25) is 0 Å². The van der Waals surface area contributed by atoms with Gasteiger partial charge in [-0.25, -0.2) is 4.68 Å². The summed E-state index contributed by atoms with van der Waals surface area (Å²) in [6, 6.07) is 8.37. The Morgan fingerprint density at radius 1 is 1.19 bits per heavy atom. The van der Waals surface area contributed by atoms with Crippen molar-refractivity contribution in [3.63, 3.8) is 0 Å². The molecule has 0 amide bonds. The zero-order valence-electron chi connectivity index (χ0n) is 10.3. The third-order valence-electron chi connectivity index (χ3n) is 2.61. The fourth-order valence-electron chi connectivity index (χ4n) is 1.80.